The van der Waals surface area contributed by atoms with Gasteiger partial charge in [-0.2, -0.15) is 0 Å². The lowest BCUT2D eigenvalue weighted by Crippen LogP contribution is -2.17. The molecule has 2 aromatic carbocycles. The maximum Gasteiger partial charge on any atom is 0.573 e. The third kappa shape index (κ3) is 5.78. The zero-order valence-corrected chi connectivity index (χ0v) is 18.9. The molecule has 0 saturated carbocycles. The first-order chi connectivity index (χ1) is 15.7. The lowest BCUT2D eigenvalue weighted by atomic mass is 9.86. The van der Waals surface area contributed by atoms with Crippen molar-refractivity contribution in [2.75, 3.05) is 0 Å². The maximum absolute atomic E-state index is 12.5. The smallest absolute Gasteiger partial charge is 0.464 e. The fourth-order valence-corrected chi connectivity index (χ4v) is 3.94. The van der Waals surface area contributed by atoms with Crippen LogP contribution in [0.15, 0.2) is 54.8 Å². The molecule has 0 saturated heterocycles. The van der Waals surface area contributed by atoms with Crippen molar-refractivity contribution >= 4 is 5.97 Å². The molecule has 2 aromatic rings. The van der Waals surface area contributed by atoms with Crippen molar-refractivity contribution in [1.29, 1.82) is 0 Å². The third-order valence-corrected chi connectivity index (χ3v) is 5.51. The van der Waals surface area contributed by atoms with Gasteiger partial charge in [0, 0.05) is 17.5 Å². The number of hydrogen-bond donors (Lipinski definition) is 0. The summed E-state index contributed by atoms with van der Waals surface area (Å²) in [5.41, 5.74) is 5.28. The molecule has 0 fully saturated rings. The van der Waals surface area contributed by atoms with Gasteiger partial charge in [-0.25, -0.2) is 0 Å². The van der Waals surface area contributed by atoms with Gasteiger partial charge in [-0.15, -0.1) is 19.8 Å². The number of benzene rings is 2. The monoisotopic (exact) mass is 460 g/mol. The van der Waals surface area contributed by atoms with Gasteiger partial charge in [0.1, 0.15) is 17.6 Å². The van der Waals surface area contributed by atoms with Gasteiger partial charge >= 0.3 is 12.3 Å². The minimum absolute atomic E-state index is 0.114. The summed E-state index contributed by atoms with van der Waals surface area (Å²) in [5.74, 6) is -0.00923. The molecule has 1 atom stereocenters. The summed E-state index contributed by atoms with van der Waals surface area (Å²) in [7, 11) is 0. The topological polar surface area (TPSA) is 44.8 Å². The lowest BCUT2D eigenvalue weighted by molar-refractivity contribution is -0.274. The summed E-state index contributed by atoms with van der Waals surface area (Å²) in [4.78, 5) is 12.1. The Balaban J connectivity index is 2.07. The number of carbonyl (C=O) groups excluding carboxylic acids is 1. The number of esters is 1. The largest absolute Gasteiger partial charge is 0.573 e. The van der Waals surface area contributed by atoms with E-state index >= 15 is 0 Å². The Hall–Kier alpha value is -3.22. The van der Waals surface area contributed by atoms with Crippen molar-refractivity contribution in [2.24, 2.45) is 0 Å². The van der Waals surface area contributed by atoms with Gasteiger partial charge in [-0.05, 0) is 54.2 Å². The zero-order chi connectivity index (χ0) is 24.2. The van der Waals surface area contributed by atoms with Crippen molar-refractivity contribution < 1.29 is 32.2 Å². The second kappa shape index (κ2) is 10.1. The quantitative estimate of drug-likeness (QED) is 0.305. The molecule has 0 aromatic heterocycles. The second-order valence-electron chi connectivity index (χ2n) is 7.84. The molecule has 0 aliphatic carbocycles. The predicted octanol–water partition coefficient (Wildman–Crippen LogP) is 7.36. The fraction of sp³-hybridized carbons (Fsp3) is 0.346. The molecular formula is C26H27F3O4. The number of halogens is 3. The van der Waals surface area contributed by atoms with Crippen LogP contribution >= 0.6 is 0 Å². The average Bonchev–Trinajstić information content (AvgIpc) is 2.77. The molecule has 1 aliphatic rings. The van der Waals surface area contributed by atoms with Crippen molar-refractivity contribution in [1.82, 2.24) is 0 Å². The van der Waals surface area contributed by atoms with Crippen molar-refractivity contribution in [2.45, 2.75) is 58.9 Å². The summed E-state index contributed by atoms with van der Waals surface area (Å²) >= 11 is 0. The summed E-state index contributed by atoms with van der Waals surface area (Å²) < 4.78 is 53.4. The SMILES string of the molecule is C=CCC(=O)OC(CC)c1c(C)cc(-c2ccc(OC(F)(F)F)cc2)c2c1OC=C(CC)C2. The van der Waals surface area contributed by atoms with E-state index in [4.69, 9.17) is 9.47 Å². The Morgan fingerprint density at radius 1 is 1.24 bits per heavy atom. The standard InChI is InChI=1S/C26H27F3O4/c1-5-8-23(30)32-22(7-3)24-16(4)13-20(21-14-17(6-2)15-31-25(21)24)18-9-11-19(12-10-18)33-26(27,28)29/h5,9-13,15,22H,1,6-8,14H2,2-4H3. The molecule has 0 spiro atoms. The van der Waals surface area contributed by atoms with Crippen LogP contribution in [-0.2, 0) is 16.0 Å². The van der Waals surface area contributed by atoms with E-state index in [-0.39, 0.29) is 18.1 Å². The highest BCUT2D eigenvalue weighted by molar-refractivity contribution is 5.75. The molecule has 176 valence electrons. The predicted molar refractivity (Wildman–Crippen MR) is 120 cm³/mol. The molecule has 0 N–H and O–H groups in total. The van der Waals surface area contributed by atoms with E-state index in [0.29, 0.717) is 18.6 Å². The number of carbonyl (C=O) groups is 1. The van der Waals surface area contributed by atoms with Crippen LogP contribution in [-0.4, -0.2) is 12.3 Å². The fourth-order valence-electron chi connectivity index (χ4n) is 3.94. The van der Waals surface area contributed by atoms with E-state index in [9.17, 15) is 18.0 Å². The summed E-state index contributed by atoms with van der Waals surface area (Å²) in [6.45, 7) is 9.45. The first-order valence-corrected chi connectivity index (χ1v) is 10.8. The van der Waals surface area contributed by atoms with Gasteiger partial charge in [0.05, 0.1) is 12.7 Å². The third-order valence-electron chi connectivity index (χ3n) is 5.51. The highest BCUT2D eigenvalue weighted by Crippen LogP contribution is 2.44. The van der Waals surface area contributed by atoms with Gasteiger partial charge in [-0.1, -0.05) is 38.1 Å². The van der Waals surface area contributed by atoms with Crippen LogP contribution in [0.3, 0.4) is 0 Å². The maximum atomic E-state index is 12.5. The highest BCUT2D eigenvalue weighted by atomic mass is 19.4. The van der Waals surface area contributed by atoms with Crippen LogP contribution in [0, 0.1) is 6.92 Å². The Morgan fingerprint density at radius 3 is 2.52 bits per heavy atom. The molecule has 3 rings (SSSR count). The van der Waals surface area contributed by atoms with Crippen LogP contribution < -0.4 is 9.47 Å². The lowest BCUT2D eigenvalue weighted by Gasteiger charge is -2.28. The summed E-state index contributed by atoms with van der Waals surface area (Å²) in [6, 6.07) is 7.76. The molecule has 0 radical (unpaired) electrons. The number of rotatable bonds is 8. The molecule has 1 unspecified atom stereocenters. The minimum atomic E-state index is -4.74. The van der Waals surface area contributed by atoms with Crippen LogP contribution in [0.1, 0.15) is 55.9 Å². The summed E-state index contributed by atoms with van der Waals surface area (Å²) in [5, 5.41) is 0. The van der Waals surface area contributed by atoms with Gasteiger partial charge < -0.3 is 14.2 Å². The van der Waals surface area contributed by atoms with E-state index in [0.717, 1.165) is 39.8 Å². The first-order valence-electron chi connectivity index (χ1n) is 10.8. The molecule has 7 heteroatoms. The highest BCUT2D eigenvalue weighted by Gasteiger charge is 2.31. The number of fused-ring (bicyclic) bond motifs is 1. The molecule has 0 bridgehead atoms. The number of aryl methyl sites for hydroxylation is 1. The average molecular weight is 460 g/mol. The Bertz CT molecular complexity index is 1050. The van der Waals surface area contributed by atoms with Gasteiger partial charge in [0.2, 0.25) is 0 Å². The van der Waals surface area contributed by atoms with Gasteiger partial charge in [0.15, 0.2) is 0 Å². The molecule has 4 nitrogen and oxygen atoms in total. The van der Waals surface area contributed by atoms with Crippen molar-refractivity contribution in [3.63, 3.8) is 0 Å². The van der Waals surface area contributed by atoms with Crippen LogP contribution in [0.25, 0.3) is 11.1 Å². The van der Waals surface area contributed by atoms with Gasteiger partial charge in [0.25, 0.3) is 0 Å². The van der Waals surface area contributed by atoms with Crippen LogP contribution in [0.4, 0.5) is 13.2 Å². The molecular weight excluding hydrogens is 433 g/mol. The molecule has 0 amide bonds. The van der Waals surface area contributed by atoms with Crippen LogP contribution in [0.5, 0.6) is 11.5 Å². The van der Waals surface area contributed by atoms with E-state index in [1.54, 1.807) is 18.4 Å². The van der Waals surface area contributed by atoms with Crippen molar-refractivity contribution in [3.05, 3.63) is 71.5 Å². The normalized spacial score (nSPS) is 13.9. The second-order valence-corrected chi connectivity index (χ2v) is 7.84. The Morgan fingerprint density at radius 2 is 1.94 bits per heavy atom. The summed E-state index contributed by atoms with van der Waals surface area (Å²) in [6.07, 6.45) is 0.103. The minimum Gasteiger partial charge on any atom is -0.464 e. The number of ether oxygens (including phenoxy) is 3. The number of alkyl halides is 3. The van der Waals surface area contributed by atoms with Gasteiger partial charge in [-0.3, -0.25) is 4.79 Å². The Labute approximate surface area is 191 Å². The van der Waals surface area contributed by atoms with E-state index < -0.39 is 12.5 Å². The Kier molecular flexibility index (Phi) is 7.51. The van der Waals surface area contributed by atoms with E-state index in [2.05, 4.69) is 11.3 Å². The molecule has 1 aliphatic heterocycles. The van der Waals surface area contributed by atoms with Crippen LogP contribution in [0.2, 0.25) is 0 Å². The van der Waals surface area contributed by atoms with E-state index in [1.807, 2.05) is 26.8 Å². The zero-order valence-electron chi connectivity index (χ0n) is 18.9. The molecule has 1 heterocycles. The number of hydrogen-bond acceptors (Lipinski definition) is 4. The number of allylic oxidation sites excluding steroid dienone is 1. The molecule has 33 heavy (non-hydrogen) atoms. The first kappa shape index (κ1) is 24.4. The van der Waals surface area contributed by atoms with E-state index in [1.165, 1.54) is 18.2 Å². The van der Waals surface area contributed by atoms with Crippen molar-refractivity contribution in [3.8, 4) is 22.6 Å².